The number of nitrogen functional groups attached to an aromatic ring is 1. The summed E-state index contributed by atoms with van der Waals surface area (Å²) in [6.07, 6.45) is -2.12. The number of benzene rings is 2. The number of rotatable bonds is 12. The van der Waals surface area contributed by atoms with Gasteiger partial charge in [-0.1, -0.05) is 37.3 Å². The van der Waals surface area contributed by atoms with Gasteiger partial charge >= 0.3 is 12.1 Å². The van der Waals surface area contributed by atoms with E-state index in [-0.39, 0.29) is 10.4 Å². The number of halogens is 3. The van der Waals surface area contributed by atoms with Crippen molar-refractivity contribution in [2.75, 3.05) is 47.9 Å². The van der Waals surface area contributed by atoms with Gasteiger partial charge in [-0.3, -0.25) is 4.79 Å². The van der Waals surface area contributed by atoms with Crippen molar-refractivity contribution in [3.05, 3.63) is 82.1 Å². The van der Waals surface area contributed by atoms with E-state index in [1.807, 2.05) is 13.8 Å². The number of nitrogens with zero attached hydrogens (tertiary/aromatic N) is 4. The van der Waals surface area contributed by atoms with Gasteiger partial charge in [-0.2, -0.15) is 13.2 Å². The van der Waals surface area contributed by atoms with Gasteiger partial charge in [0.05, 0.1) is 11.8 Å². The monoisotopic (exact) mass is 658 g/mol. The highest BCUT2D eigenvalue weighted by Gasteiger charge is 2.30. The summed E-state index contributed by atoms with van der Waals surface area (Å²) in [4.78, 5) is 38.2. The Kier molecular flexibility index (Phi) is 12.8. The lowest BCUT2D eigenvalue weighted by molar-refractivity contribution is -0.137. The predicted molar refractivity (Wildman–Crippen MR) is 175 cm³/mol. The number of carboxylic acids is 1. The molecule has 246 valence electrons. The summed E-state index contributed by atoms with van der Waals surface area (Å²) in [6.45, 7) is 11.9. The highest BCUT2D eigenvalue weighted by Crippen LogP contribution is 2.30. The Labute approximate surface area is 269 Å². The van der Waals surface area contributed by atoms with Gasteiger partial charge in [-0.05, 0) is 75.8 Å². The summed E-state index contributed by atoms with van der Waals surface area (Å²) < 4.78 is 37.8. The van der Waals surface area contributed by atoms with Gasteiger partial charge in [-0.25, -0.2) is 19.7 Å². The zero-order chi connectivity index (χ0) is 33.9. The number of anilines is 5. The summed E-state index contributed by atoms with van der Waals surface area (Å²) in [7, 11) is 0. The smallest absolute Gasteiger partial charge is 0.416 e. The van der Waals surface area contributed by atoms with Crippen LogP contribution in [0.2, 0.25) is 0 Å². The largest absolute Gasteiger partial charge is 0.477 e. The number of nitrogens with two attached hydrogens (primary N) is 1. The maximum atomic E-state index is 12.6. The first-order valence-corrected chi connectivity index (χ1v) is 15.2. The molecule has 2 aromatic carbocycles. The third kappa shape index (κ3) is 11.0. The molecule has 0 bridgehead atoms. The van der Waals surface area contributed by atoms with Crippen molar-refractivity contribution in [3.63, 3.8) is 0 Å². The minimum Gasteiger partial charge on any atom is -0.477 e. The SMILES string of the molecule is CCN(CC)CCCNc1cc(Nc2ncc(C(=O)O)s2)nc(C)n1.Cc1ccc(NC(=O)c2cccc(C(F)(F)F)c2)cc1N. The maximum Gasteiger partial charge on any atom is 0.416 e. The molecule has 11 nitrogen and oxygen atoms in total. The summed E-state index contributed by atoms with van der Waals surface area (Å²) >= 11 is 1.07. The number of aromatic nitrogens is 3. The fourth-order valence-corrected chi connectivity index (χ4v) is 4.74. The number of amides is 1. The van der Waals surface area contributed by atoms with Gasteiger partial charge in [0.15, 0.2) is 5.13 Å². The molecule has 0 aliphatic heterocycles. The van der Waals surface area contributed by atoms with E-state index in [1.54, 1.807) is 24.3 Å². The molecule has 2 heterocycles. The van der Waals surface area contributed by atoms with Crippen LogP contribution in [0, 0.1) is 13.8 Å². The first-order valence-electron chi connectivity index (χ1n) is 14.4. The van der Waals surface area contributed by atoms with Gasteiger partial charge in [0, 0.05) is 29.5 Å². The lowest BCUT2D eigenvalue weighted by Crippen LogP contribution is -2.25. The second kappa shape index (κ2) is 16.5. The van der Waals surface area contributed by atoms with Crippen molar-refractivity contribution in [3.8, 4) is 0 Å². The van der Waals surface area contributed by atoms with Crippen LogP contribution in [0.4, 0.5) is 41.3 Å². The van der Waals surface area contributed by atoms with Crippen LogP contribution in [0.3, 0.4) is 0 Å². The number of aromatic carboxylic acids is 1. The summed E-state index contributed by atoms with van der Waals surface area (Å²) in [5.74, 6) is 0.352. The third-order valence-electron chi connectivity index (χ3n) is 6.63. The van der Waals surface area contributed by atoms with Gasteiger partial charge in [0.1, 0.15) is 22.3 Å². The number of carbonyl (C=O) groups is 2. The van der Waals surface area contributed by atoms with Crippen molar-refractivity contribution >= 4 is 51.4 Å². The van der Waals surface area contributed by atoms with Crippen LogP contribution in [0.5, 0.6) is 0 Å². The number of aryl methyl sites for hydroxylation is 2. The van der Waals surface area contributed by atoms with E-state index < -0.39 is 23.6 Å². The van der Waals surface area contributed by atoms with E-state index in [2.05, 4.69) is 49.6 Å². The zero-order valence-corrected chi connectivity index (χ0v) is 26.7. The lowest BCUT2D eigenvalue weighted by Gasteiger charge is -2.17. The van der Waals surface area contributed by atoms with E-state index in [9.17, 15) is 22.8 Å². The summed E-state index contributed by atoms with van der Waals surface area (Å²) in [5.41, 5.74) is 6.57. The molecule has 0 saturated carbocycles. The number of thiazole rings is 1. The average Bonchev–Trinajstić information content (AvgIpc) is 3.48. The minimum atomic E-state index is -4.48. The van der Waals surface area contributed by atoms with Crippen LogP contribution in [0.25, 0.3) is 0 Å². The number of alkyl halides is 3. The van der Waals surface area contributed by atoms with Gasteiger partial charge in [0.25, 0.3) is 5.91 Å². The number of carbonyl (C=O) groups excluding carboxylic acids is 1. The average molecular weight is 659 g/mol. The Bertz CT molecular complexity index is 1630. The standard InChI is InChI=1S/C16H24N6O2S.C15H13F3N2O/c1-4-22(5-2)8-6-7-17-13-9-14(20-11(3)19-13)21-16-18-10-12(25-16)15(23)24;1-9-5-6-12(8-13(9)19)20-14(21)10-3-2-4-11(7-10)15(16,17)18/h9-10H,4-8H2,1-3H3,(H,23,24)(H2,17,18,19,20,21);2-8H,19H2,1H3,(H,20,21). The minimum absolute atomic E-state index is 0.0658. The van der Waals surface area contributed by atoms with Gasteiger partial charge < -0.3 is 31.7 Å². The first kappa shape index (κ1) is 35.7. The summed E-state index contributed by atoms with van der Waals surface area (Å²) in [6, 6.07) is 11.0. The van der Waals surface area contributed by atoms with Crippen LogP contribution in [0.1, 0.15) is 57.2 Å². The molecule has 0 aliphatic carbocycles. The van der Waals surface area contributed by atoms with E-state index >= 15 is 0 Å². The quantitative estimate of drug-likeness (QED) is 0.0822. The molecule has 0 fully saturated rings. The van der Waals surface area contributed by atoms with E-state index in [4.69, 9.17) is 10.8 Å². The van der Waals surface area contributed by atoms with Crippen LogP contribution < -0.4 is 21.7 Å². The Morgan fingerprint density at radius 2 is 1.74 bits per heavy atom. The van der Waals surface area contributed by atoms with Crippen LogP contribution in [0.15, 0.2) is 54.7 Å². The molecule has 15 heteroatoms. The van der Waals surface area contributed by atoms with Crippen LogP contribution in [-0.4, -0.2) is 63.0 Å². The Morgan fingerprint density at radius 3 is 2.37 bits per heavy atom. The maximum absolute atomic E-state index is 12.6. The molecule has 2 aromatic heterocycles. The normalized spacial score (nSPS) is 11.0. The highest BCUT2D eigenvalue weighted by atomic mass is 32.1. The molecular weight excluding hydrogens is 621 g/mol. The molecule has 0 spiro atoms. The summed E-state index contributed by atoms with van der Waals surface area (Å²) in [5, 5.41) is 18.3. The second-order valence-electron chi connectivity index (χ2n) is 10.1. The molecule has 1 amide bonds. The first-order chi connectivity index (χ1) is 21.8. The second-order valence-corrected chi connectivity index (χ2v) is 11.1. The predicted octanol–water partition coefficient (Wildman–Crippen LogP) is 6.68. The number of hydrogen-bond donors (Lipinski definition) is 5. The highest BCUT2D eigenvalue weighted by molar-refractivity contribution is 7.17. The molecular formula is C31H37F3N8O3S. The van der Waals surface area contributed by atoms with Crippen LogP contribution >= 0.6 is 11.3 Å². The lowest BCUT2D eigenvalue weighted by atomic mass is 10.1. The van der Waals surface area contributed by atoms with Crippen molar-refractivity contribution in [1.82, 2.24) is 19.9 Å². The van der Waals surface area contributed by atoms with Gasteiger partial charge in [-0.15, -0.1) is 0 Å². The van der Waals surface area contributed by atoms with Crippen molar-refractivity contribution in [2.45, 2.75) is 40.3 Å². The third-order valence-corrected chi connectivity index (χ3v) is 7.53. The number of hydrogen-bond acceptors (Lipinski definition) is 10. The molecule has 0 unspecified atom stereocenters. The molecule has 6 N–H and O–H groups in total. The zero-order valence-electron chi connectivity index (χ0n) is 25.9. The number of carboxylic acid groups (broad SMARTS) is 1. The number of nitrogens with one attached hydrogen (secondary N) is 3. The molecule has 4 rings (SSSR count). The Hall–Kier alpha value is -4.76. The van der Waals surface area contributed by atoms with Gasteiger partial charge in [0.2, 0.25) is 0 Å². The molecule has 0 radical (unpaired) electrons. The Balaban J connectivity index is 0.000000254. The molecule has 0 aliphatic rings. The van der Waals surface area contributed by atoms with Crippen molar-refractivity contribution in [1.29, 1.82) is 0 Å². The van der Waals surface area contributed by atoms with E-state index in [0.29, 0.717) is 28.1 Å². The fourth-order valence-electron chi connectivity index (χ4n) is 4.08. The van der Waals surface area contributed by atoms with Crippen LogP contribution in [-0.2, 0) is 6.18 Å². The molecule has 0 saturated heterocycles. The van der Waals surface area contributed by atoms with Crippen molar-refractivity contribution < 1.29 is 27.9 Å². The van der Waals surface area contributed by atoms with E-state index in [1.165, 1.54) is 18.3 Å². The topological polar surface area (TPSA) is 158 Å². The van der Waals surface area contributed by atoms with E-state index in [0.717, 1.165) is 67.5 Å². The van der Waals surface area contributed by atoms with Crippen molar-refractivity contribution in [2.24, 2.45) is 0 Å². The Morgan fingerprint density at radius 1 is 1.02 bits per heavy atom. The molecule has 0 atom stereocenters. The fraction of sp³-hybridized carbons (Fsp3) is 0.323. The molecule has 4 aromatic rings. The molecule has 46 heavy (non-hydrogen) atoms.